The van der Waals surface area contributed by atoms with Crippen molar-refractivity contribution in [1.82, 2.24) is 0 Å². The summed E-state index contributed by atoms with van der Waals surface area (Å²) < 4.78 is 0. The van der Waals surface area contributed by atoms with Crippen LogP contribution in [0.25, 0.3) is 0 Å². The van der Waals surface area contributed by atoms with E-state index in [0.717, 1.165) is 22.2 Å². The molecule has 0 saturated carbocycles. The van der Waals surface area contributed by atoms with Crippen LogP contribution >= 0.6 is 37.0 Å². The molecule has 0 aromatic heterocycles. The van der Waals surface area contributed by atoms with Crippen LogP contribution in [0.4, 0.5) is 0 Å². The molecule has 3 rings (SSSR count). The van der Waals surface area contributed by atoms with Gasteiger partial charge >= 0.3 is 0 Å². The predicted octanol–water partition coefficient (Wildman–Crippen LogP) is 6.53. The second-order valence-electron chi connectivity index (χ2n) is 5.29. The van der Waals surface area contributed by atoms with E-state index in [2.05, 4.69) is 85.9 Å². The number of rotatable bonds is 5. The van der Waals surface area contributed by atoms with Gasteiger partial charge in [0.2, 0.25) is 0 Å². The smallest absolute Gasteiger partial charge is 0.0188 e. The van der Waals surface area contributed by atoms with Crippen molar-refractivity contribution in [3.8, 4) is 0 Å². The molecule has 124 valence electrons. The van der Waals surface area contributed by atoms with Crippen molar-refractivity contribution in [3.63, 3.8) is 0 Å². The van der Waals surface area contributed by atoms with E-state index in [0.29, 0.717) is 0 Å². The lowest BCUT2D eigenvalue weighted by Crippen LogP contribution is -1.83. The van der Waals surface area contributed by atoms with E-state index < -0.39 is 0 Å². The third-order valence-electron chi connectivity index (χ3n) is 3.32. The van der Waals surface area contributed by atoms with Gasteiger partial charge in [0.05, 0.1) is 0 Å². The van der Waals surface area contributed by atoms with E-state index in [4.69, 9.17) is 0 Å². The van der Waals surface area contributed by atoms with Crippen LogP contribution in [0.2, 0.25) is 0 Å². The summed E-state index contributed by atoms with van der Waals surface area (Å²) in [6, 6.07) is 29.1. The maximum Gasteiger partial charge on any atom is 0.0188 e. The van der Waals surface area contributed by atoms with E-state index >= 15 is 0 Å². The molecule has 0 saturated heterocycles. The topological polar surface area (TPSA) is 0 Å². The zero-order chi connectivity index (χ0) is 17.0. The summed E-state index contributed by atoms with van der Waals surface area (Å²) in [5.41, 5.74) is 4.00. The Bertz CT molecular complexity index is 697. The molecule has 0 radical (unpaired) electrons. The van der Waals surface area contributed by atoms with Crippen molar-refractivity contribution in [1.29, 1.82) is 0 Å². The molecule has 0 spiro atoms. The molecule has 3 aromatic rings. The van der Waals surface area contributed by atoms with Crippen LogP contribution < -0.4 is 0 Å². The Hall–Kier alpha value is -1.29. The van der Waals surface area contributed by atoms with Crippen LogP contribution in [0.15, 0.2) is 89.8 Å². The molecule has 0 bridgehead atoms. The van der Waals surface area contributed by atoms with Crippen LogP contribution in [0.5, 0.6) is 0 Å². The molecule has 0 aliphatic heterocycles. The fraction of sp³-hybridized carbons (Fsp3) is 0.143. The first-order valence-corrected chi connectivity index (χ1v) is 10.1. The van der Waals surface area contributed by atoms with E-state index in [1.807, 2.05) is 36.0 Å². The summed E-state index contributed by atoms with van der Waals surface area (Å²) in [7, 11) is 0. The Kier molecular flexibility index (Phi) is 8.96. The van der Waals surface area contributed by atoms with Gasteiger partial charge in [0.25, 0.3) is 0 Å². The second-order valence-corrected chi connectivity index (χ2v) is 7.11. The largest absolute Gasteiger partial charge is 0.175 e. The van der Waals surface area contributed by atoms with Gasteiger partial charge in [-0.25, -0.2) is 0 Å². The van der Waals surface area contributed by atoms with Crippen molar-refractivity contribution in [3.05, 3.63) is 102 Å². The zero-order valence-electron chi connectivity index (χ0n) is 13.5. The summed E-state index contributed by atoms with van der Waals surface area (Å²) >= 11 is 10.4. The first-order valence-electron chi connectivity index (χ1n) is 7.82. The zero-order valence-corrected chi connectivity index (χ0v) is 16.1. The first kappa shape index (κ1) is 19.0. The number of hydrogen-bond acceptors (Lipinski definition) is 3. The quantitative estimate of drug-likeness (QED) is 0.482. The summed E-state index contributed by atoms with van der Waals surface area (Å²) in [6.45, 7) is 0. The van der Waals surface area contributed by atoms with Crippen molar-refractivity contribution >= 4 is 37.0 Å². The molecule has 0 nitrogen and oxygen atoms in total. The summed E-state index contributed by atoms with van der Waals surface area (Å²) in [5, 5.41) is 0. The molecule has 0 heterocycles. The SMILES string of the molecule is SCc1ccccc1.Sc1cccc(CSCc2ccccc2)c1. The van der Waals surface area contributed by atoms with E-state index in [1.165, 1.54) is 16.7 Å². The number of benzene rings is 3. The molecule has 24 heavy (non-hydrogen) atoms. The average Bonchev–Trinajstić information content (AvgIpc) is 2.64. The van der Waals surface area contributed by atoms with Gasteiger partial charge in [-0.15, -0.1) is 12.6 Å². The minimum atomic E-state index is 0.834. The predicted molar refractivity (Wildman–Crippen MR) is 114 cm³/mol. The highest BCUT2D eigenvalue weighted by Gasteiger charge is 1.95. The molecule has 0 aliphatic carbocycles. The van der Waals surface area contributed by atoms with Crippen molar-refractivity contribution < 1.29 is 0 Å². The summed E-state index contributed by atoms with van der Waals surface area (Å²) in [6.07, 6.45) is 0. The third kappa shape index (κ3) is 7.52. The Morgan fingerprint density at radius 2 is 1.17 bits per heavy atom. The van der Waals surface area contributed by atoms with Gasteiger partial charge in [0.15, 0.2) is 0 Å². The molecular formula is C21H22S3. The van der Waals surface area contributed by atoms with Gasteiger partial charge in [-0.05, 0) is 28.8 Å². The Morgan fingerprint density at radius 1 is 0.625 bits per heavy atom. The first-order chi connectivity index (χ1) is 11.8. The molecule has 0 unspecified atom stereocenters. The maximum absolute atomic E-state index is 4.34. The van der Waals surface area contributed by atoms with Crippen LogP contribution in [0.1, 0.15) is 16.7 Å². The highest BCUT2D eigenvalue weighted by molar-refractivity contribution is 7.97. The monoisotopic (exact) mass is 370 g/mol. The van der Waals surface area contributed by atoms with Crippen molar-refractivity contribution in [2.45, 2.75) is 22.2 Å². The second kappa shape index (κ2) is 11.3. The van der Waals surface area contributed by atoms with Gasteiger partial charge in [-0.1, -0.05) is 72.8 Å². The van der Waals surface area contributed by atoms with E-state index in [9.17, 15) is 0 Å². The highest BCUT2D eigenvalue weighted by atomic mass is 32.2. The van der Waals surface area contributed by atoms with E-state index in [-0.39, 0.29) is 0 Å². The molecule has 0 amide bonds. The van der Waals surface area contributed by atoms with Crippen molar-refractivity contribution in [2.24, 2.45) is 0 Å². The third-order valence-corrected chi connectivity index (χ3v) is 5.03. The van der Waals surface area contributed by atoms with Gasteiger partial charge in [-0.3, -0.25) is 0 Å². The maximum atomic E-state index is 4.34. The Balaban J connectivity index is 0.000000219. The van der Waals surface area contributed by atoms with Gasteiger partial charge in [-0.2, -0.15) is 24.4 Å². The normalized spacial score (nSPS) is 9.92. The average molecular weight is 371 g/mol. The number of thioether (sulfide) groups is 1. The van der Waals surface area contributed by atoms with Crippen molar-refractivity contribution in [2.75, 3.05) is 0 Å². The van der Waals surface area contributed by atoms with Crippen LogP contribution in [-0.4, -0.2) is 0 Å². The minimum Gasteiger partial charge on any atom is -0.175 e. The summed E-state index contributed by atoms with van der Waals surface area (Å²) in [5.74, 6) is 2.95. The lowest BCUT2D eigenvalue weighted by atomic mass is 10.2. The van der Waals surface area contributed by atoms with Crippen LogP contribution in [0.3, 0.4) is 0 Å². The molecule has 0 aliphatic rings. The lowest BCUT2D eigenvalue weighted by Gasteiger charge is -2.03. The molecular weight excluding hydrogens is 348 g/mol. The van der Waals surface area contributed by atoms with Gasteiger partial charge in [0.1, 0.15) is 0 Å². The molecule has 0 atom stereocenters. The fourth-order valence-corrected chi connectivity index (χ4v) is 3.50. The van der Waals surface area contributed by atoms with Gasteiger partial charge < -0.3 is 0 Å². The highest BCUT2D eigenvalue weighted by Crippen LogP contribution is 2.19. The summed E-state index contributed by atoms with van der Waals surface area (Å²) in [4.78, 5) is 1.04. The molecule has 3 aromatic carbocycles. The number of thiol groups is 2. The lowest BCUT2D eigenvalue weighted by molar-refractivity contribution is 1.32. The Labute approximate surface area is 160 Å². The van der Waals surface area contributed by atoms with E-state index in [1.54, 1.807) is 0 Å². The Morgan fingerprint density at radius 3 is 1.71 bits per heavy atom. The molecule has 0 fully saturated rings. The minimum absolute atomic E-state index is 0.834. The number of hydrogen-bond donors (Lipinski definition) is 2. The fourth-order valence-electron chi connectivity index (χ4n) is 2.09. The van der Waals surface area contributed by atoms with Gasteiger partial charge in [0, 0.05) is 22.2 Å². The standard InChI is InChI=1S/C14H14S2.C7H8S/c15-14-8-4-7-13(9-14)11-16-10-12-5-2-1-3-6-12;8-6-7-4-2-1-3-5-7/h1-9,15H,10-11H2;1-5,8H,6H2. The molecule has 0 N–H and O–H groups in total. The molecule has 3 heteroatoms. The van der Waals surface area contributed by atoms with Crippen LogP contribution in [-0.2, 0) is 17.3 Å². The van der Waals surface area contributed by atoms with Crippen LogP contribution in [0, 0.1) is 0 Å².